The molecule has 0 unspecified atom stereocenters. The van der Waals surface area contributed by atoms with Gasteiger partial charge in [0.1, 0.15) is 5.04 Å². The highest BCUT2D eigenvalue weighted by atomic mass is 79.9. The lowest BCUT2D eigenvalue weighted by Gasteiger charge is -2.27. The first kappa shape index (κ1) is 20.4. The molecule has 0 atom stereocenters. The zero-order valence-corrected chi connectivity index (χ0v) is 18.9. The van der Waals surface area contributed by atoms with E-state index in [4.69, 9.17) is 9.98 Å². The van der Waals surface area contributed by atoms with Crippen LogP contribution in [0.5, 0.6) is 0 Å². The quantitative estimate of drug-likeness (QED) is 0.597. The Morgan fingerprint density at radius 2 is 1.72 bits per heavy atom. The maximum atomic E-state index is 12.5. The van der Waals surface area contributed by atoms with Crippen LogP contribution in [0.2, 0.25) is 0 Å². The number of carbonyl (C=O) groups excluding carboxylic acids is 1. The van der Waals surface area contributed by atoms with Crippen molar-refractivity contribution in [3.63, 3.8) is 0 Å². The summed E-state index contributed by atoms with van der Waals surface area (Å²) >= 11 is 4.98. The van der Waals surface area contributed by atoms with Crippen molar-refractivity contribution in [1.29, 1.82) is 0 Å². The minimum absolute atomic E-state index is 0.0266. The number of thioether (sulfide) groups is 1. The van der Waals surface area contributed by atoms with Crippen LogP contribution in [-0.2, 0) is 4.79 Å². The van der Waals surface area contributed by atoms with Gasteiger partial charge < -0.3 is 5.32 Å². The summed E-state index contributed by atoms with van der Waals surface area (Å²) in [6.45, 7) is 2.03. The summed E-state index contributed by atoms with van der Waals surface area (Å²) in [5.74, 6) is 0.291. The van der Waals surface area contributed by atoms with Crippen LogP contribution >= 0.6 is 27.7 Å². The molecule has 1 fully saturated rings. The first-order valence-electron chi connectivity index (χ1n) is 9.98. The minimum Gasteiger partial charge on any atom is -0.325 e. The van der Waals surface area contributed by atoms with Gasteiger partial charge in [0.15, 0.2) is 5.66 Å². The summed E-state index contributed by atoms with van der Waals surface area (Å²) in [5.41, 5.74) is 3.65. The number of hydrogen-bond acceptors (Lipinski definition) is 4. The second-order valence-corrected chi connectivity index (χ2v) is 9.51. The number of carbonyl (C=O) groups is 1. The maximum Gasteiger partial charge on any atom is 0.234 e. The van der Waals surface area contributed by atoms with E-state index in [1.807, 2.05) is 43.3 Å². The van der Waals surface area contributed by atoms with Gasteiger partial charge in [-0.05, 0) is 56.9 Å². The number of amides is 1. The number of hydrogen-bond donors (Lipinski definition) is 1. The van der Waals surface area contributed by atoms with Gasteiger partial charge in [-0.3, -0.25) is 9.79 Å². The molecular formula is C23H24BrN3OS. The summed E-state index contributed by atoms with van der Waals surface area (Å²) in [5, 5.41) is 3.85. The van der Waals surface area contributed by atoms with Crippen LogP contribution in [0.1, 0.15) is 43.2 Å². The van der Waals surface area contributed by atoms with E-state index in [9.17, 15) is 4.79 Å². The van der Waals surface area contributed by atoms with Gasteiger partial charge in [0.25, 0.3) is 0 Å². The molecule has 1 saturated carbocycles. The number of nitrogens with zero attached hydrogens (tertiary/aromatic N) is 2. The van der Waals surface area contributed by atoms with Crippen LogP contribution in [0.3, 0.4) is 0 Å². The van der Waals surface area contributed by atoms with Gasteiger partial charge in [0, 0.05) is 15.7 Å². The minimum atomic E-state index is -0.323. The highest BCUT2D eigenvalue weighted by molar-refractivity contribution is 9.10. The van der Waals surface area contributed by atoms with E-state index in [2.05, 4.69) is 33.4 Å². The lowest BCUT2D eigenvalue weighted by Crippen LogP contribution is -2.25. The first-order chi connectivity index (χ1) is 14.0. The summed E-state index contributed by atoms with van der Waals surface area (Å²) in [7, 11) is 0. The van der Waals surface area contributed by atoms with Gasteiger partial charge in [0.2, 0.25) is 5.91 Å². The van der Waals surface area contributed by atoms with E-state index < -0.39 is 0 Å². The lowest BCUT2D eigenvalue weighted by molar-refractivity contribution is -0.113. The molecule has 1 amide bonds. The molecule has 0 aromatic heterocycles. The van der Waals surface area contributed by atoms with E-state index in [0.29, 0.717) is 5.75 Å². The fourth-order valence-electron chi connectivity index (χ4n) is 3.73. The van der Waals surface area contributed by atoms with E-state index in [-0.39, 0.29) is 11.6 Å². The maximum absolute atomic E-state index is 12.5. The van der Waals surface area contributed by atoms with Crippen LogP contribution in [0, 0.1) is 6.92 Å². The molecule has 29 heavy (non-hydrogen) atoms. The Morgan fingerprint density at radius 1 is 1.03 bits per heavy atom. The molecule has 1 N–H and O–H groups in total. The zero-order valence-electron chi connectivity index (χ0n) is 16.5. The molecule has 6 heteroatoms. The number of halogens is 1. The van der Waals surface area contributed by atoms with Crippen molar-refractivity contribution >= 4 is 50.0 Å². The van der Waals surface area contributed by atoms with Gasteiger partial charge >= 0.3 is 0 Å². The molecule has 1 spiro atoms. The Kier molecular flexibility index (Phi) is 6.20. The number of anilines is 1. The van der Waals surface area contributed by atoms with E-state index >= 15 is 0 Å². The third-order valence-electron chi connectivity index (χ3n) is 5.28. The Hall–Kier alpha value is -1.92. The second kappa shape index (κ2) is 8.84. The van der Waals surface area contributed by atoms with E-state index in [0.717, 1.165) is 52.2 Å². The number of aliphatic imine (C=N–C) groups is 2. The molecule has 150 valence electrons. The van der Waals surface area contributed by atoms with Gasteiger partial charge in [0.05, 0.1) is 11.5 Å². The van der Waals surface area contributed by atoms with E-state index in [1.54, 1.807) is 0 Å². The predicted molar refractivity (Wildman–Crippen MR) is 126 cm³/mol. The van der Waals surface area contributed by atoms with Crippen molar-refractivity contribution in [2.75, 3.05) is 11.1 Å². The molecule has 4 rings (SSSR count). The molecule has 0 radical (unpaired) electrons. The van der Waals surface area contributed by atoms with Crippen LogP contribution in [0.15, 0.2) is 63.0 Å². The van der Waals surface area contributed by atoms with Gasteiger partial charge in [-0.25, -0.2) is 4.99 Å². The van der Waals surface area contributed by atoms with Crippen LogP contribution in [0.4, 0.5) is 5.69 Å². The normalized spacial score (nSPS) is 17.7. The monoisotopic (exact) mass is 469 g/mol. The van der Waals surface area contributed by atoms with Crippen LogP contribution in [0.25, 0.3) is 0 Å². The Morgan fingerprint density at radius 3 is 2.41 bits per heavy atom. The Labute approximate surface area is 184 Å². The molecule has 1 aliphatic heterocycles. The topological polar surface area (TPSA) is 53.8 Å². The average Bonchev–Trinajstić information content (AvgIpc) is 3.07. The molecule has 1 heterocycles. The van der Waals surface area contributed by atoms with Crippen LogP contribution < -0.4 is 5.32 Å². The van der Waals surface area contributed by atoms with Crippen molar-refractivity contribution in [3.05, 3.63) is 64.1 Å². The lowest BCUT2D eigenvalue weighted by atomic mass is 9.90. The molecule has 0 bridgehead atoms. The number of nitrogens with one attached hydrogen (secondary N) is 1. The van der Waals surface area contributed by atoms with E-state index in [1.165, 1.54) is 23.7 Å². The van der Waals surface area contributed by atoms with Crippen molar-refractivity contribution in [3.8, 4) is 0 Å². The smallest absolute Gasteiger partial charge is 0.234 e. The summed E-state index contributed by atoms with van der Waals surface area (Å²) in [6, 6.07) is 16.0. The molecule has 4 nitrogen and oxygen atoms in total. The first-order valence-corrected chi connectivity index (χ1v) is 11.8. The molecule has 1 aliphatic carbocycles. The predicted octanol–water partition coefficient (Wildman–Crippen LogP) is 5.99. The molecule has 2 aromatic rings. The Balaban J connectivity index is 1.49. The third kappa shape index (κ3) is 4.98. The van der Waals surface area contributed by atoms with Gasteiger partial charge in [-0.15, -0.1) is 0 Å². The highest BCUT2D eigenvalue weighted by Gasteiger charge is 2.37. The summed E-state index contributed by atoms with van der Waals surface area (Å²) in [4.78, 5) is 22.6. The zero-order chi connectivity index (χ0) is 20.3. The molecule has 0 saturated heterocycles. The molecular weight excluding hydrogens is 446 g/mol. The van der Waals surface area contributed by atoms with Crippen molar-refractivity contribution in [1.82, 2.24) is 0 Å². The van der Waals surface area contributed by atoms with Crippen molar-refractivity contribution in [2.45, 2.75) is 44.7 Å². The van der Waals surface area contributed by atoms with Crippen molar-refractivity contribution < 1.29 is 4.79 Å². The standard InChI is InChI=1S/C23H24BrN3OS/c1-16-5-11-19(12-6-16)25-20(28)15-29-22-21(17-7-9-18(24)10-8-17)26-23(27-22)13-3-2-4-14-23/h5-12H,2-4,13-15H2,1H3,(H,25,28). The van der Waals surface area contributed by atoms with Crippen LogP contribution in [-0.4, -0.2) is 28.1 Å². The molecule has 2 aromatic carbocycles. The SMILES string of the molecule is Cc1ccc(NC(=O)CSC2=NC3(CCCCC3)N=C2c2ccc(Br)cc2)cc1. The van der Waals surface area contributed by atoms with Crippen molar-refractivity contribution in [2.24, 2.45) is 9.98 Å². The van der Waals surface area contributed by atoms with Gasteiger partial charge in [-0.1, -0.05) is 63.9 Å². The summed E-state index contributed by atoms with van der Waals surface area (Å²) < 4.78 is 1.04. The highest BCUT2D eigenvalue weighted by Crippen LogP contribution is 2.38. The fraction of sp³-hybridized carbons (Fsp3) is 0.348. The Bertz CT molecular complexity index is 945. The second-order valence-electron chi connectivity index (χ2n) is 7.63. The fourth-order valence-corrected chi connectivity index (χ4v) is 4.87. The average molecular weight is 470 g/mol. The third-order valence-corrected chi connectivity index (χ3v) is 6.77. The largest absolute Gasteiger partial charge is 0.325 e. The number of rotatable bonds is 4. The molecule has 2 aliphatic rings. The van der Waals surface area contributed by atoms with Gasteiger partial charge in [-0.2, -0.15) is 0 Å². The summed E-state index contributed by atoms with van der Waals surface area (Å²) in [6.07, 6.45) is 5.56. The number of aryl methyl sites for hydroxylation is 1. The number of benzene rings is 2.